The van der Waals surface area contributed by atoms with Crippen LogP contribution in [0.2, 0.25) is 0 Å². The Hall–Kier alpha value is -3.34. The van der Waals surface area contributed by atoms with Crippen molar-refractivity contribution in [2.75, 3.05) is 7.11 Å². The van der Waals surface area contributed by atoms with E-state index in [4.69, 9.17) is 9.26 Å². The lowest BCUT2D eigenvalue weighted by molar-refractivity contribution is -0.121. The molecule has 144 valence electrons. The Labute approximate surface area is 163 Å². The van der Waals surface area contributed by atoms with Crippen LogP contribution < -0.4 is 10.1 Å². The van der Waals surface area contributed by atoms with Crippen LogP contribution in [0.25, 0.3) is 16.3 Å². The van der Waals surface area contributed by atoms with E-state index in [2.05, 4.69) is 30.8 Å². The van der Waals surface area contributed by atoms with E-state index in [9.17, 15) is 4.79 Å². The van der Waals surface area contributed by atoms with Gasteiger partial charge in [0.2, 0.25) is 22.6 Å². The van der Waals surface area contributed by atoms with E-state index in [1.807, 2.05) is 31.2 Å². The number of hydrogen-bond acceptors (Lipinski definition) is 9. The lowest BCUT2D eigenvalue weighted by Crippen LogP contribution is -2.23. The molecule has 0 aliphatic rings. The first kappa shape index (κ1) is 18.0. The second-order valence-electron chi connectivity index (χ2n) is 5.95. The minimum Gasteiger partial charge on any atom is -0.497 e. The molecule has 1 amide bonds. The number of aromatic nitrogens is 6. The van der Waals surface area contributed by atoms with Crippen LogP contribution in [0.1, 0.15) is 23.1 Å². The van der Waals surface area contributed by atoms with Crippen molar-refractivity contribution >= 4 is 22.2 Å². The predicted molar refractivity (Wildman–Crippen MR) is 99.8 cm³/mol. The van der Waals surface area contributed by atoms with E-state index < -0.39 is 0 Å². The van der Waals surface area contributed by atoms with Gasteiger partial charge in [0, 0.05) is 18.4 Å². The van der Waals surface area contributed by atoms with Crippen molar-refractivity contribution in [2.24, 2.45) is 0 Å². The van der Waals surface area contributed by atoms with Crippen LogP contribution in [-0.4, -0.2) is 43.0 Å². The Morgan fingerprint density at radius 1 is 1.29 bits per heavy atom. The molecule has 4 aromatic rings. The molecule has 1 aromatic carbocycles. The first-order chi connectivity index (χ1) is 13.6. The average Bonchev–Trinajstić information content (AvgIpc) is 3.43. The summed E-state index contributed by atoms with van der Waals surface area (Å²) >= 11 is 1.43. The van der Waals surface area contributed by atoms with Crippen molar-refractivity contribution in [2.45, 2.75) is 26.3 Å². The van der Waals surface area contributed by atoms with Crippen LogP contribution >= 0.6 is 11.3 Å². The van der Waals surface area contributed by atoms with E-state index in [-0.39, 0.29) is 12.5 Å². The molecule has 1 N–H and O–H groups in total. The van der Waals surface area contributed by atoms with E-state index >= 15 is 0 Å². The number of carbonyl (C=O) groups is 1. The fourth-order valence-electron chi connectivity index (χ4n) is 2.52. The van der Waals surface area contributed by atoms with Gasteiger partial charge in [-0.15, -0.1) is 10.2 Å². The fourth-order valence-corrected chi connectivity index (χ4v) is 3.40. The molecule has 0 radical (unpaired) electrons. The number of methoxy groups -OCH3 is 1. The van der Waals surface area contributed by atoms with Crippen molar-refractivity contribution in [1.29, 1.82) is 0 Å². The molecule has 0 atom stereocenters. The van der Waals surface area contributed by atoms with Crippen molar-refractivity contribution in [3.63, 3.8) is 0 Å². The zero-order valence-corrected chi connectivity index (χ0v) is 16.1. The number of nitrogens with one attached hydrogen (secondary N) is 1. The van der Waals surface area contributed by atoms with Crippen LogP contribution in [0.15, 0.2) is 28.8 Å². The van der Waals surface area contributed by atoms with Gasteiger partial charge in [0.05, 0.1) is 13.7 Å². The number of rotatable bonds is 7. The Morgan fingerprint density at radius 3 is 2.86 bits per heavy atom. The zero-order chi connectivity index (χ0) is 19.5. The maximum Gasteiger partial charge on any atom is 0.246 e. The van der Waals surface area contributed by atoms with Gasteiger partial charge in [-0.2, -0.15) is 14.6 Å². The number of fused-ring (bicyclic) bond motifs is 1. The minimum atomic E-state index is -0.119. The molecular weight excluding hydrogens is 382 g/mol. The highest BCUT2D eigenvalue weighted by Crippen LogP contribution is 2.19. The van der Waals surface area contributed by atoms with Crippen molar-refractivity contribution in [1.82, 2.24) is 35.3 Å². The van der Waals surface area contributed by atoms with Gasteiger partial charge in [0.1, 0.15) is 10.8 Å². The number of benzene rings is 1. The summed E-state index contributed by atoms with van der Waals surface area (Å²) < 4.78 is 12.0. The summed E-state index contributed by atoms with van der Waals surface area (Å²) in [6, 6.07) is 7.32. The molecule has 0 unspecified atom stereocenters. The molecule has 0 saturated heterocycles. The van der Waals surface area contributed by atoms with Crippen LogP contribution in [0.5, 0.6) is 5.75 Å². The minimum absolute atomic E-state index is 0.119. The third kappa shape index (κ3) is 3.83. The highest BCUT2D eigenvalue weighted by Gasteiger charge is 2.12. The number of carbonyl (C=O) groups excluding carboxylic acids is 1. The van der Waals surface area contributed by atoms with Crippen molar-refractivity contribution in [3.8, 4) is 17.1 Å². The molecule has 3 aromatic heterocycles. The molecule has 0 aliphatic heterocycles. The van der Waals surface area contributed by atoms with Crippen molar-refractivity contribution < 1.29 is 14.1 Å². The Morgan fingerprint density at radius 2 is 2.11 bits per heavy atom. The normalized spacial score (nSPS) is 11.1. The molecule has 0 saturated carbocycles. The maximum atomic E-state index is 12.1. The summed E-state index contributed by atoms with van der Waals surface area (Å²) in [4.78, 5) is 17.1. The van der Waals surface area contributed by atoms with E-state index in [1.54, 1.807) is 11.6 Å². The molecule has 10 nitrogen and oxygen atoms in total. The molecule has 0 spiro atoms. The van der Waals surface area contributed by atoms with Crippen LogP contribution in [-0.2, 0) is 17.8 Å². The van der Waals surface area contributed by atoms with Gasteiger partial charge >= 0.3 is 0 Å². The van der Waals surface area contributed by atoms with Crippen LogP contribution in [0, 0.1) is 6.92 Å². The summed E-state index contributed by atoms with van der Waals surface area (Å²) in [6.07, 6.45) is 0.836. The van der Waals surface area contributed by atoms with Gasteiger partial charge in [-0.3, -0.25) is 4.79 Å². The lowest BCUT2D eigenvalue weighted by Gasteiger charge is -2.00. The first-order valence-electron chi connectivity index (χ1n) is 8.54. The van der Waals surface area contributed by atoms with Gasteiger partial charge in [-0.05, 0) is 31.2 Å². The zero-order valence-electron chi connectivity index (χ0n) is 15.2. The summed E-state index contributed by atoms with van der Waals surface area (Å²) in [7, 11) is 1.61. The number of aryl methyl sites for hydroxylation is 2. The monoisotopic (exact) mass is 399 g/mol. The first-order valence-corrected chi connectivity index (χ1v) is 9.35. The summed E-state index contributed by atoms with van der Waals surface area (Å²) in [5, 5.41) is 19.9. The van der Waals surface area contributed by atoms with Gasteiger partial charge in [0.15, 0.2) is 5.82 Å². The molecule has 0 fully saturated rings. The molecular formula is C17H17N7O3S. The van der Waals surface area contributed by atoms with Gasteiger partial charge in [-0.25, -0.2) is 0 Å². The molecule has 3 heterocycles. The molecule has 0 bridgehead atoms. The van der Waals surface area contributed by atoms with E-state index in [0.29, 0.717) is 24.6 Å². The average molecular weight is 399 g/mol. The third-order valence-corrected chi connectivity index (χ3v) is 4.97. The molecule has 11 heteroatoms. The Kier molecular flexibility index (Phi) is 4.98. The molecule has 28 heavy (non-hydrogen) atoms. The van der Waals surface area contributed by atoms with Gasteiger partial charge < -0.3 is 14.6 Å². The number of nitrogens with zero attached hydrogens (tertiary/aromatic N) is 6. The standard InChI is InChI=1S/C17H17N7O3S/c1-10-20-21-17-24(10)22-15(28-17)8-7-13(25)18-9-14-19-16(23-27-14)11-3-5-12(26-2)6-4-11/h3-6H,7-9H2,1-2H3,(H,18,25). The van der Waals surface area contributed by atoms with E-state index in [1.165, 1.54) is 11.3 Å². The smallest absolute Gasteiger partial charge is 0.246 e. The number of hydrogen-bond donors (Lipinski definition) is 1. The van der Waals surface area contributed by atoms with Gasteiger partial charge in [0.25, 0.3) is 0 Å². The SMILES string of the molecule is COc1ccc(-c2noc(CNC(=O)CCc3nn4c(C)nnc4s3)n2)cc1. The Balaban J connectivity index is 1.29. The predicted octanol–water partition coefficient (Wildman–Crippen LogP) is 1.80. The number of ether oxygens (including phenoxy) is 1. The summed E-state index contributed by atoms with van der Waals surface area (Å²) in [6.45, 7) is 2.01. The fraction of sp³-hybridized carbons (Fsp3) is 0.294. The molecule has 0 aliphatic carbocycles. The quantitative estimate of drug-likeness (QED) is 0.499. The van der Waals surface area contributed by atoms with Crippen LogP contribution in [0.4, 0.5) is 0 Å². The summed E-state index contributed by atoms with van der Waals surface area (Å²) in [5.41, 5.74) is 0.806. The van der Waals surface area contributed by atoms with Crippen LogP contribution in [0.3, 0.4) is 0 Å². The number of amides is 1. The third-order valence-electron chi connectivity index (χ3n) is 4.01. The summed E-state index contributed by atoms with van der Waals surface area (Å²) in [5.74, 6) is 2.16. The van der Waals surface area contributed by atoms with Gasteiger partial charge in [-0.1, -0.05) is 16.5 Å². The highest BCUT2D eigenvalue weighted by molar-refractivity contribution is 7.16. The topological polar surface area (TPSA) is 120 Å². The second-order valence-corrected chi connectivity index (χ2v) is 6.99. The lowest BCUT2D eigenvalue weighted by atomic mass is 10.2. The maximum absolute atomic E-state index is 12.1. The largest absolute Gasteiger partial charge is 0.497 e. The van der Waals surface area contributed by atoms with E-state index in [0.717, 1.165) is 27.1 Å². The van der Waals surface area contributed by atoms with Crippen molar-refractivity contribution in [3.05, 3.63) is 41.0 Å². The Bertz CT molecular complexity index is 1100. The highest BCUT2D eigenvalue weighted by atomic mass is 32.1. The molecule has 4 rings (SSSR count). The second kappa shape index (κ2) is 7.72.